The minimum Gasteiger partial charge on any atom is -0.466 e. The molecule has 0 saturated carbocycles. The third-order valence-corrected chi connectivity index (χ3v) is 2.64. The number of pyridine rings is 1. The van der Waals surface area contributed by atoms with Gasteiger partial charge in [-0.15, -0.1) is 0 Å². The smallest absolute Gasteiger partial charge is 0.330 e. The van der Waals surface area contributed by atoms with Gasteiger partial charge in [0.25, 0.3) is 0 Å². The highest BCUT2D eigenvalue weighted by Gasteiger charge is 2.02. The molecular weight excluding hydrogens is 242 g/mol. The molecule has 0 fully saturated rings. The van der Waals surface area contributed by atoms with E-state index in [1.54, 1.807) is 18.5 Å². The first-order valence-electron chi connectivity index (χ1n) is 6.20. The van der Waals surface area contributed by atoms with Crippen molar-refractivity contribution in [3.05, 3.63) is 48.3 Å². The Morgan fingerprint density at radius 3 is 3.05 bits per heavy atom. The van der Waals surface area contributed by atoms with Crippen LogP contribution < -0.4 is 0 Å². The van der Waals surface area contributed by atoms with Gasteiger partial charge in [-0.3, -0.25) is 4.98 Å². The van der Waals surface area contributed by atoms with Crippen molar-refractivity contribution < 1.29 is 14.6 Å². The zero-order valence-corrected chi connectivity index (χ0v) is 11.0. The normalized spacial score (nSPS) is 12.9. The number of carbonyl (C=O) groups is 1. The molecule has 0 aliphatic heterocycles. The lowest BCUT2D eigenvalue weighted by Crippen LogP contribution is -1.99. The van der Waals surface area contributed by atoms with E-state index < -0.39 is 0 Å². The van der Waals surface area contributed by atoms with Crippen LogP contribution in [0.2, 0.25) is 0 Å². The topological polar surface area (TPSA) is 59.4 Å². The van der Waals surface area contributed by atoms with Crippen molar-refractivity contribution in [2.75, 3.05) is 13.7 Å². The van der Waals surface area contributed by atoms with Crippen molar-refractivity contribution in [2.24, 2.45) is 5.92 Å². The summed E-state index contributed by atoms with van der Waals surface area (Å²) in [4.78, 5) is 15.0. The second kappa shape index (κ2) is 9.05. The number of methoxy groups -OCH3 is 1. The Bertz CT molecular complexity index is 426. The van der Waals surface area contributed by atoms with Crippen molar-refractivity contribution in [3.8, 4) is 0 Å². The fourth-order valence-electron chi connectivity index (χ4n) is 1.59. The summed E-state index contributed by atoms with van der Waals surface area (Å²) in [5.41, 5.74) is 1.02. The minimum atomic E-state index is -0.362. The van der Waals surface area contributed by atoms with E-state index in [0.29, 0.717) is 12.8 Å². The fraction of sp³-hybridized carbons (Fsp3) is 0.333. The zero-order chi connectivity index (χ0) is 13.9. The number of esters is 1. The number of hydrogen-bond acceptors (Lipinski definition) is 4. The van der Waals surface area contributed by atoms with Crippen molar-refractivity contribution in [1.82, 2.24) is 4.98 Å². The molecule has 1 aromatic heterocycles. The first kappa shape index (κ1) is 15.1. The number of allylic oxidation sites excluding steroid dienone is 2. The number of nitrogens with zero attached hydrogens (tertiary/aromatic N) is 1. The quantitative estimate of drug-likeness (QED) is 0.604. The van der Waals surface area contributed by atoms with Crippen molar-refractivity contribution in [3.63, 3.8) is 0 Å². The van der Waals surface area contributed by atoms with Crippen LogP contribution >= 0.6 is 0 Å². The first-order valence-corrected chi connectivity index (χ1v) is 6.20. The predicted molar refractivity (Wildman–Crippen MR) is 74.2 cm³/mol. The van der Waals surface area contributed by atoms with Crippen molar-refractivity contribution in [1.29, 1.82) is 0 Å². The van der Waals surface area contributed by atoms with Crippen LogP contribution in [0.4, 0.5) is 0 Å². The van der Waals surface area contributed by atoms with Gasteiger partial charge in [0.05, 0.1) is 7.11 Å². The average molecular weight is 261 g/mol. The molecule has 0 aliphatic rings. The van der Waals surface area contributed by atoms with Crippen LogP contribution in [0.1, 0.15) is 18.4 Å². The molecule has 0 aromatic carbocycles. The van der Waals surface area contributed by atoms with Gasteiger partial charge in [-0.2, -0.15) is 0 Å². The number of aliphatic hydroxyl groups is 1. The lowest BCUT2D eigenvalue weighted by atomic mass is 10.00. The van der Waals surface area contributed by atoms with Crippen LogP contribution in [-0.2, 0) is 9.53 Å². The molecule has 0 amide bonds. The highest BCUT2D eigenvalue weighted by Crippen LogP contribution is 2.13. The SMILES string of the molecule is COC(=O)/C=C/CC(/C=C/c1cccnc1)CCO. The highest BCUT2D eigenvalue weighted by molar-refractivity contribution is 5.81. The molecule has 4 nitrogen and oxygen atoms in total. The summed E-state index contributed by atoms with van der Waals surface area (Å²) in [6, 6.07) is 3.83. The number of aliphatic hydroxyl groups excluding tert-OH is 1. The van der Waals surface area contributed by atoms with Crippen LogP contribution in [0.5, 0.6) is 0 Å². The van der Waals surface area contributed by atoms with E-state index in [2.05, 4.69) is 9.72 Å². The van der Waals surface area contributed by atoms with Gasteiger partial charge in [-0.25, -0.2) is 4.79 Å². The highest BCUT2D eigenvalue weighted by atomic mass is 16.5. The van der Waals surface area contributed by atoms with E-state index in [9.17, 15) is 4.79 Å². The second-order valence-corrected chi connectivity index (χ2v) is 4.08. The van der Waals surface area contributed by atoms with Gasteiger partial charge in [0, 0.05) is 25.1 Å². The van der Waals surface area contributed by atoms with Crippen molar-refractivity contribution in [2.45, 2.75) is 12.8 Å². The first-order chi connectivity index (χ1) is 9.26. The molecule has 0 saturated heterocycles. The third-order valence-electron chi connectivity index (χ3n) is 2.64. The fourth-order valence-corrected chi connectivity index (χ4v) is 1.59. The predicted octanol–water partition coefficient (Wildman–Crippen LogP) is 2.21. The molecule has 1 rings (SSSR count). The Hall–Kier alpha value is -1.94. The van der Waals surface area contributed by atoms with Crippen LogP contribution in [0.3, 0.4) is 0 Å². The van der Waals surface area contributed by atoms with E-state index in [1.807, 2.05) is 24.3 Å². The summed E-state index contributed by atoms with van der Waals surface area (Å²) in [5, 5.41) is 9.03. The molecule has 4 heteroatoms. The number of aromatic nitrogens is 1. The number of carbonyl (C=O) groups excluding carboxylic acids is 1. The summed E-state index contributed by atoms with van der Waals surface area (Å²) in [7, 11) is 1.35. The monoisotopic (exact) mass is 261 g/mol. The van der Waals surface area contributed by atoms with Gasteiger partial charge in [0.1, 0.15) is 0 Å². The van der Waals surface area contributed by atoms with E-state index in [1.165, 1.54) is 13.2 Å². The molecule has 0 radical (unpaired) electrons. The van der Waals surface area contributed by atoms with Gasteiger partial charge in [0.15, 0.2) is 0 Å². The lowest BCUT2D eigenvalue weighted by Gasteiger charge is -2.07. The molecule has 0 spiro atoms. The standard InChI is InChI=1S/C15H19NO3/c1-19-15(18)6-2-4-13(9-11-17)7-8-14-5-3-10-16-12-14/h2-3,5-8,10,12-13,17H,4,9,11H2,1H3/b6-2+,8-7+. The van der Waals surface area contributed by atoms with E-state index in [-0.39, 0.29) is 18.5 Å². The number of ether oxygens (including phenoxy) is 1. The summed E-state index contributed by atoms with van der Waals surface area (Å²) in [6.07, 6.45) is 12.0. The number of hydrogen-bond donors (Lipinski definition) is 1. The van der Waals surface area contributed by atoms with Gasteiger partial charge >= 0.3 is 5.97 Å². The molecule has 102 valence electrons. The largest absolute Gasteiger partial charge is 0.466 e. The zero-order valence-electron chi connectivity index (χ0n) is 11.0. The van der Waals surface area contributed by atoms with E-state index in [4.69, 9.17) is 5.11 Å². The number of rotatable bonds is 7. The molecule has 1 atom stereocenters. The molecule has 1 unspecified atom stereocenters. The Balaban J connectivity index is 2.55. The summed E-state index contributed by atoms with van der Waals surface area (Å²) < 4.78 is 4.52. The van der Waals surface area contributed by atoms with E-state index in [0.717, 1.165) is 5.56 Å². The molecule has 19 heavy (non-hydrogen) atoms. The minimum absolute atomic E-state index is 0.119. The van der Waals surface area contributed by atoms with Crippen LogP contribution in [0.15, 0.2) is 42.8 Å². The Kier molecular flexibility index (Phi) is 7.20. The van der Waals surface area contributed by atoms with Gasteiger partial charge in [-0.05, 0) is 30.4 Å². The Morgan fingerprint density at radius 2 is 2.42 bits per heavy atom. The molecular formula is C15H19NO3. The lowest BCUT2D eigenvalue weighted by molar-refractivity contribution is -0.134. The summed E-state index contributed by atoms with van der Waals surface area (Å²) >= 11 is 0. The second-order valence-electron chi connectivity index (χ2n) is 4.08. The maximum atomic E-state index is 10.9. The van der Waals surface area contributed by atoms with Crippen LogP contribution in [-0.4, -0.2) is 29.8 Å². The Labute approximate surface area is 113 Å². The van der Waals surface area contributed by atoms with Gasteiger partial charge in [-0.1, -0.05) is 24.3 Å². The average Bonchev–Trinajstić information content (AvgIpc) is 2.45. The molecule has 1 heterocycles. The van der Waals surface area contributed by atoms with Crippen LogP contribution in [0, 0.1) is 5.92 Å². The summed E-state index contributed by atoms with van der Waals surface area (Å²) in [5.74, 6) is -0.176. The van der Waals surface area contributed by atoms with E-state index >= 15 is 0 Å². The van der Waals surface area contributed by atoms with Gasteiger partial charge in [0.2, 0.25) is 0 Å². The third kappa shape index (κ3) is 6.52. The van der Waals surface area contributed by atoms with Crippen molar-refractivity contribution >= 4 is 12.0 Å². The molecule has 1 N–H and O–H groups in total. The van der Waals surface area contributed by atoms with Crippen LogP contribution in [0.25, 0.3) is 6.08 Å². The molecule has 0 bridgehead atoms. The molecule has 0 aliphatic carbocycles. The van der Waals surface area contributed by atoms with Gasteiger partial charge < -0.3 is 9.84 Å². The Morgan fingerprint density at radius 1 is 1.58 bits per heavy atom. The maximum Gasteiger partial charge on any atom is 0.330 e. The summed E-state index contributed by atoms with van der Waals surface area (Å²) in [6.45, 7) is 0.119. The molecule has 1 aromatic rings. The maximum absolute atomic E-state index is 10.9.